The number of aryl methyl sites for hydroxylation is 2. The molecule has 0 aliphatic carbocycles. The van der Waals surface area contributed by atoms with Gasteiger partial charge < -0.3 is 10.2 Å². The molecule has 0 bridgehead atoms. The standard InChI is InChI=1S/C15H26N4S/c1-3-16-15(19-10-6-7-11-19)17-9-5-4-8-14-18-13(2)12-20-14/h12H,3-11H2,1-2H3,(H,16,17). The predicted molar refractivity (Wildman–Crippen MR) is 86.6 cm³/mol. The second-order valence-electron chi connectivity index (χ2n) is 5.27. The molecule has 0 saturated carbocycles. The van der Waals surface area contributed by atoms with E-state index in [9.17, 15) is 0 Å². The van der Waals surface area contributed by atoms with Crippen LogP contribution in [0.2, 0.25) is 0 Å². The van der Waals surface area contributed by atoms with Crippen molar-refractivity contribution in [2.24, 2.45) is 4.99 Å². The van der Waals surface area contributed by atoms with Gasteiger partial charge in [0.25, 0.3) is 0 Å². The van der Waals surface area contributed by atoms with E-state index in [0.29, 0.717) is 0 Å². The molecule has 0 aromatic carbocycles. The molecule has 2 heterocycles. The van der Waals surface area contributed by atoms with Crippen LogP contribution in [-0.4, -0.2) is 42.0 Å². The molecule has 1 aromatic heterocycles. The van der Waals surface area contributed by atoms with Crippen molar-refractivity contribution in [2.45, 2.75) is 46.0 Å². The van der Waals surface area contributed by atoms with Gasteiger partial charge in [0.05, 0.1) is 5.01 Å². The lowest BCUT2D eigenvalue weighted by Gasteiger charge is -2.20. The highest BCUT2D eigenvalue weighted by Crippen LogP contribution is 2.12. The maximum absolute atomic E-state index is 4.75. The second-order valence-corrected chi connectivity index (χ2v) is 6.21. The summed E-state index contributed by atoms with van der Waals surface area (Å²) in [6, 6.07) is 0. The number of aliphatic imine (C=N–C) groups is 1. The van der Waals surface area contributed by atoms with E-state index in [-0.39, 0.29) is 0 Å². The number of hydrogen-bond acceptors (Lipinski definition) is 3. The van der Waals surface area contributed by atoms with Crippen LogP contribution in [0.1, 0.15) is 43.3 Å². The third-order valence-electron chi connectivity index (χ3n) is 3.47. The Balaban J connectivity index is 1.69. The molecule has 1 N–H and O–H groups in total. The Morgan fingerprint density at radius 3 is 2.85 bits per heavy atom. The van der Waals surface area contributed by atoms with Crippen LogP contribution < -0.4 is 5.32 Å². The van der Waals surface area contributed by atoms with Gasteiger partial charge in [-0.3, -0.25) is 4.99 Å². The van der Waals surface area contributed by atoms with E-state index < -0.39 is 0 Å². The molecule has 1 aromatic rings. The average molecular weight is 294 g/mol. The molecule has 112 valence electrons. The zero-order valence-corrected chi connectivity index (χ0v) is 13.5. The molecule has 0 spiro atoms. The van der Waals surface area contributed by atoms with Gasteiger partial charge in [-0.25, -0.2) is 4.98 Å². The normalized spacial score (nSPS) is 15.9. The van der Waals surface area contributed by atoms with Crippen LogP contribution in [0.4, 0.5) is 0 Å². The number of thiazole rings is 1. The van der Waals surface area contributed by atoms with Crippen molar-refractivity contribution >= 4 is 17.3 Å². The number of rotatable bonds is 6. The molecule has 4 nitrogen and oxygen atoms in total. The van der Waals surface area contributed by atoms with Gasteiger partial charge in [-0.05, 0) is 46.0 Å². The van der Waals surface area contributed by atoms with E-state index in [4.69, 9.17) is 4.99 Å². The molecule has 5 heteroatoms. The summed E-state index contributed by atoms with van der Waals surface area (Å²) in [6.45, 7) is 8.38. The van der Waals surface area contributed by atoms with Gasteiger partial charge in [0.2, 0.25) is 0 Å². The molecule has 2 rings (SSSR count). The fourth-order valence-electron chi connectivity index (χ4n) is 2.45. The van der Waals surface area contributed by atoms with E-state index >= 15 is 0 Å². The molecule has 1 aliphatic rings. The van der Waals surface area contributed by atoms with Gasteiger partial charge >= 0.3 is 0 Å². The first-order valence-electron chi connectivity index (χ1n) is 7.74. The SMILES string of the molecule is CCNC(=NCCCCc1nc(C)cs1)N1CCCC1. The Morgan fingerprint density at radius 2 is 2.20 bits per heavy atom. The van der Waals surface area contributed by atoms with Crippen LogP contribution in [0.25, 0.3) is 0 Å². The third-order valence-corrected chi connectivity index (χ3v) is 4.49. The van der Waals surface area contributed by atoms with E-state index in [1.807, 2.05) is 0 Å². The number of unbranched alkanes of at least 4 members (excludes halogenated alkanes) is 1. The minimum Gasteiger partial charge on any atom is -0.357 e. The van der Waals surface area contributed by atoms with Gasteiger partial charge in [0.1, 0.15) is 0 Å². The van der Waals surface area contributed by atoms with Crippen LogP contribution >= 0.6 is 11.3 Å². The number of likely N-dealkylation sites (tertiary alicyclic amines) is 1. The van der Waals surface area contributed by atoms with E-state index in [1.54, 1.807) is 11.3 Å². The number of hydrogen-bond donors (Lipinski definition) is 1. The Bertz CT molecular complexity index is 421. The highest BCUT2D eigenvalue weighted by molar-refractivity contribution is 7.09. The molecular weight excluding hydrogens is 268 g/mol. The first kappa shape index (κ1) is 15.3. The first-order valence-corrected chi connectivity index (χ1v) is 8.62. The van der Waals surface area contributed by atoms with Gasteiger partial charge in [-0.15, -0.1) is 11.3 Å². The van der Waals surface area contributed by atoms with Crippen LogP contribution in [0.5, 0.6) is 0 Å². The number of nitrogens with one attached hydrogen (secondary N) is 1. The summed E-state index contributed by atoms with van der Waals surface area (Å²) < 4.78 is 0. The number of nitrogens with zero attached hydrogens (tertiary/aromatic N) is 3. The van der Waals surface area contributed by atoms with Crippen LogP contribution in [-0.2, 0) is 6.42 Å². The van der Waals surface area contributed by atoms with Crippen molar-refractivity contribution < 1.29 is 0 Å². The maximum Gasteiger partial charge on any atom is 0.193 e. The zero-order chi connectivity index (χ0) is 14.2. The monoisotopic (exact) mass is 294 g/mol. The minimum atomic E-state index is 0.920. The van der Waals surface area contributed by atoms with Crippen molar-refractivity contribution in [2.75, 3.05) is 26.2 Å². The molecule has 20 heavy (non-hydrogen) atoms. The summed E-state index contributed by atoms with van der Waals surface area (Å²) in [6.07, 6.45) is 6.01. The summed E-state index contributed by atoms with van der Waals surface area (Å²) in [4.78, 5) is 11.6. The summed E-state index contributed by atoms with van der Waals surface area (Å²) in [7, 11) is 0. The minimum absolute atomic E-state index is 0.920. The summed E-state index contributed by atoms with van der Waals surface area (Å²) in [5.74, 6) is 1.11. The van der Waals surface area contributed by atoms with Crippen molar-refractivity contribution in [3.05, 3.63) is 16.1 Å². The van der Waals surface area contributed by atoms with Gasteiger partial charge in [0, 0.05) is 37.3 Å². The molecular formula is C15H26N4S. The smallest absolute Gasteiger partial charge is 0.193 e. The lowest BCUT2D eigenvalue weighted by Crippen LogP contribution is -2.39. The fraction of sp³-hybridized carbons (Fsp3) is 0.733. The largest absolute Gasteiger partial charge is 0.357 e. The Hall–Kier alpha value is -1.10. The van der Waals surface area contributed by atoms with Crippen LogP contribution in [0.15, 0.2) is 10.4 Å². The molecule has 1 fully saturated rings. The summed E-state index contributed by atoms with van der Waals surface area (Å²) in [5, 5.41) is 6.79. The first-order chi connectivity index (χ1) is 9.79. The van der Waals surface area contributed by atoms with Crippen molar-refractivity contribution in [3.63, 3.8) is 0 Å². The molecule has 0 radical (unpaired) electrons. The molecule has 0 amide bonds. The number of aromatic nitrogens is 1. The molecule has 0 unspecified atom stereocenters. The quantitative estimate of drug-likeness (QED) is 0.498. The lowest BCUT2D eigenvalue weighted by atomic mass is 10.2. The zero-order valence-electron chi connectivity index (χ0n) is 12.7. The van der Waals surface area contributed by atoms with Crippen LogP contribution in [0.3, 0.4) is 0 Å². The Kier molecular flexibility index (Phi) is 6.30. The van der Waals surface area contributed by atoms with Gasteiger partial charge in [0.15, 0.2) is 5.96 Å². The highest BCUT2D eigenvalue weighted by atomic mass is 32.1. The predicted octanol–water partition coefficient (Wildman–Crippen LogP) is 2.84. The molecule has 1 saturated heterocycles. The van der Waals surface area contributed by atoms with Crippen LogP contribution in [0, 0.1) is 6.92 Å². The van der Waals surface area contributed by atoms with E-state index in [1.165, 1.54) is 24.3 Å². The lowest BCUT2D eigenvalue weighted by molar-refractivity contribution is 0.493. The number of guanidine groups is 1. The second kappa shape index (κ2) is 8.25. The summed E-state index contributed by atoms with van der Waals surface area (Å²) >= 11 is 1.77. The molecule has 1 aliphatic heterocycles. The average Bonchev–Trinajstić information content (AvgIpc) is 3.09. The highest BCUT2D eigenvalue weighted by Gasteiger charge is 2.14. The van der Waals surface area contributed by atoms with Crippen molar-refractivity contribution in [1.29, 1.82) is 0 Å². The van der Waals surface area contributed by atoms with Crippen molar-refractivity contribution in [1.82, 2.24) is 15.2 Å². The van der Waals surface area contributed by atoms with E-state index in [2.05, 4.69) is 34.4 Å². The van der Waals surface area contributed by atoms with Gasteiger partial charge in [-0.2, -0.15) is 0 Å². The maximum atomic E-state index is 4.75. The molecule has 0 atom stereocenters. The third kappa shape index (κ3) is 4.78. The Morgan fingerprint density at radius 1 is 1.40 bits per heavy atom. The Labute approximate surface area is 126 Å². The summed E-state index contributed by atoms with van der Waals surface area (Å²) in [5.41, 5.74) is 1.14. The van der Waals surface area contributed by atoms with Crippen molar-refractivity contribution in [3.8, 4) is 0 Å². The fourth-order valence-corrected chi connectivity index (χ4v) is 3.26. The topological polar surface area (TPSA) is 40.5 Å². The van der Waals surface area contributed by atoms with Gasteiger partial charge in [-0.1, -0.05) is 0 Å². The van der Waals surface area contributed by atoms with E-state index in [0.717, 1.165) is 50.7 Å².